The fourth-order valence-corrected chi connectivity index (χ4v) is 2.18. The molecule has 19 heavy (non-hydrogen) atoms. The fraction of sp³-hybridized carbons (Fsp3) is 0.286. The molecule has 1 heterocycles. The molecule has 0 radical (unpaired) electrons. The van der Waals surface area contributed by atoms with E-state index in [0.29, 0.717) is 11.4 Å². The van der Waals surface area contributed by atoms with Gasteiger partial charge in [-0.2, -0.15) is 0 Å². The number of benzene rings is 1. The molecule has 0 fully saturated rings. The van der Waals surface area contributed by atoms with E-state index in [9.17, 15) is 4.39 Å². The van der Waals surface area contributed by atoms with Gasteiger partial charge < -0.3 is 5.32 Å². The average molecular weight is 324 g/mol. The molecule has 5 heteroatoms. The van der Waals surface area contributed by atoms with Crippen LogP contribution in [0, 0.1) is 19.7 Å². The van der Waals surface area contributed by atoms with E-state index in [1.54, 1.807) is 6.07 Å². The lowest BCUT2D eigenvalue weighted by molar-refractivity contribution is 0.628. The average Bonchev–Trinajstić information content (AvgIpc) is 2.38. The summed E-state index contributed by atoms with van der Waals surface area (Å²) in [5.41, 5.74) is 2.55. The molecule has 0 saturated heterocycles. The quantitative estimate of drug-likeness (QED) is 0.924. The van der Waals surface area contributed by atoms with Crippen LogP contribution in [0.4, 0.5) is 10.2 Å². The predicted octanol–water partition coefficient (Wildman–Crippen LogP) is 4.09. The van der Waals surface area contributed by atoms with E-state index < -0.39 is 0 Å². The van der Waals surface area contributed by atoms with Gasteiger partial charge in [0.2, 0.25) is 0 Å². The Morgan fingerprint density at radius 1 is 1.26 bits per heavy atom. The summed E-state index contributed by atoms with van der Waals surface area (Å²) in [5, 5.41) is 3.20. The molecule has 3 nitrogen and oxygen atoms in total. The number of anilines is 1. The summed E-state index contributed by atoms with van der Waals surface area (Å²) in [4.78, 5) is 8.92. The van der Waals surface area contributed by atoms with Gasteiger partial charge in [0, 0.05) is 27.8 Å². The third-order valence-electron chi connectivity index (χ3n) is 2.90. The molecule has 0 atom stereocenters. The van der Waals surface area contributed by atoms with Gasteiger partial charge in [-0.1, -0.05) is 15.9 Å². The van der Waals surface area contributed by atoms with Crippen molar-refractivity contribution < 1.29 is 4.39 Å². The van der Waals surface area contributed by atoms with Crippen molar-refractivity contribution in [2.75, 3.05) is 11.9 Å². The van der Waals surface area contributed by atoms with Gasteiger partial charge in [0.25, 0.3) is 0 Å². The molecule has 2 rings (SSSR count). The lowest BCUT2D eigenvalue weighted by Crippen LogP contribution is -2.06. The highest BCUT2D eigenvalue weighted by Crippen LogP contribution is 2.28. The van der Waals surface area contributed by atoms with Gasteiger partial charge in [0.1, 0.15) is 11.6 Å². The van der Waals surface area contributed by atoms with Crippen molar-refractivity contribution in [1.29, 1.82) is 0 Å². The van der Waals surface area contributed by atoms with E-state index >= 15 is 0 Å². The van der Waals surface area contributed by atoms with Crippen molar-refractivity contribution in [3.05, 3.63) is 39.7 Å². The SMILES string of the molecule is CCNc1nc(-c2cc(F)ccc2Br)nc(C)c1C. The zero-order valence-corrected chi connectivity index (χ0v) is 12.7. The predicted molar refractivity (Wildman–Crippen MR) is 78.8 cm³/mol. The Bertz CT molecular complexity index is 614. The molecule has 1 aromatic carbocycles. The standard InChI is InChI=1S/C14H15BrFN3/c1-4-17-13-8(2)9(3)18-14(19-13)11-7-10(16)5-6-12(11)15/h5-7H,4H2,1-3H3,(H,17,18,19). The van der Waals surface area contributed by atoms with Gasteiger partial charge in [-0.25, -0.2) is 14.4 Å². The van der Waals surface area contributed by atoms with Crippen molar-refractivity contribution in [2.45, 2.75) is 20.8 Å². The van der Waals surface area contributed by atoms with Gasteiger partial charge in [-0.05, 0) is 39.0 Å². The van der Waals surface area contributed by atoms with Crippen LogP contribution in [-0.2, 0) is 0 Å². The second-order valence-corrected chi connectivity index (χ2v) is 5.12. The van der Waals surface area contributed by atoms with Gasteiger partial charge in [0.05, 0.1) is 0 Å². The van der Waals surface area contributed by atoms with Crippen LogP contribution < -0.4 is 5.32 Å². The van der Waals surface area contributed by atoms with Crippen LogP contribution in [-0.4, -0.2) is 16.5 Å². The van der Waals surface area contributed by atoms with E-state index in [-0.39, 0.29) is 5.82 Å². The molecule has 1 N–H and O–H groups in total. The van der Waals surface area contributed by atoms with Crippen LogP contribution in [0.2, 0.25) is 0 Å². The molecule has 0 unspecified atom stereocenters. The van der Waals surface area contributed by atoms with E-state index in [0.717, 1.165) is 28.1 Å². The molecule has 0 spiro atoms. The van der Waals surface area contributed by atoms with E-state index in [1.165, 1.54) is 12.1 Å². The second kappa shape index (κ2) is 5.65. The molecular formula is C14H15BrFN3. The minimum Gasteiger partial charge on any atom is -0.370 e. The Morgan fingerprint density at radius 3 is 2.68 bits per heavy atom. The van der Waals surface area contributed by atoms with Crippen LogP contribution in [0.1, 0.15) is 18.2 Å². The summed E-state index contributed by atoms with van der Waals surface area (Å²) in [7, 11) is 0. The smallest absolute Gasteiger partial charge is 0.163 e. The molecule has 0 amide bonds. The minimum atomic E-state index is -0.301. The third kappa shape index (κ3) is 2.92. The lowest BCUT2D eigenvalue weighted by Gasteiger charge is -2.12. The molecule has 0 aliphatic heterocycles. The van der Waals surface area contributed by atoms with Crippen LogP contribution in [0.3, 0.4) is 0 Å². The number of nitrogens with one attached hydrogen (secondary N) is 1. The summed E-state index contributed by atoms with van der Waals surface area (Å²) < 4.78 is 14.1. The van der Waals surface area contributed by atoms with E-state index in [4.69, 9.17) is 0 Å². The van der Waals surface area contributed by atoms with Crippen molar-refractivity contribution in [1.82, 2.24) is 9.97 Å². The molecule has 1 aromatic heterocycles. The Morgan fingerprint density at radius 2 is 2.00 bits per heavy atom. The van der Waals surface area contributed by atoms with Gasteiger partial charge in [-0.15, -0.1) is 0 Å². The number of hydrogen-bond acceptors (Lipinski definition) is 3. The molecule has 2 aromatic rings. The zero-order valence-electron chi connectivity index (χ0n) is 11.1. The summed E-state index contributed by atoms with van der Waals surface area (Å²) >= 11 is 3.41. The van der Waals surface area contributed by atoms with Crippen molar-refractivity contribution >= 4 is 21.7 Å². The first kappa shape index (κ1) is 13.9. The molecule has 0 aliphatic carbocycles. The first-order valence-corrected chi connectivity index (χ1v) is 6.86. The van der Waals surface area contributed by atoms with Crippen LogP contribution >= 0.6 is 15.9 Å². The Balaban J connectivity index is 2.59. The van der Waals surface area contributed by atoms with Gasteiger partial charge in [-0.3, -0.25) is 0 Å². The highest BCUT2D eigenvalue weighted by Gasteiger charge is 2.12. The summed E-state index contributed by atoms with van der Waals surface area (Å²) in [6.07, 6.45) is 0. The Hall–Kier alpha value is -1.49. The summed E-state index contributed by atoms with van der Waals surface area (Å²) in [5.74, 6) is 1.01. The maximum absolute atomic E-state index is 13.4. The fourth-order valence-electron chi connectivity index (χ4n) is 1.76. The van der Waals surface area contributed by atoms with E-state index in [2.05, 4.69) is 31.2 Å². The number of aryl methyl sites for hydroxylation is 1. The van der Waals surface area contributed by atoms with Crippen molar-refractivity contribution in [3.63, 3.8) is 0 Å². The monoisotopic (exact) mass is 323 g/mol. The largest absolute Gasteiger partial charge is 0.370 e. The highest BCUT2D eigenvalue weighted by molar-refractivity contribution is 9.10. The number of aromatic nitrogens is 2. The molecule has 0 saturated carbocycles. The number of hydrogen-bond donors (Lipinski definition) is 1. The summed E-state index contributed by atoms with van der Waals surface area (Å²) in [6, 6.07) is 4.50. The molecular weight excluding hydrogens is 309 g/mol. The number of rotatable bonds is 3. The van der Waals surface area contributed by atoms with E-state index in [1.807, 2.05) is 20.8 Å². The molecule has 0 aliphatic rings. The maximum Gasteiger partial charge on any atom is 0.163 e. The maximum atomic E-state index is 13.4. The zero-order chi connectivity index (χ0) is 14.0. The van der Waals surface area contributed by atoms with Gasteiger partial charge >= 0.3 is 0 Å². The topological polar surface area (TPSA) is 37.8 Å². The first-order valence-electron chi connectivity index (χ1n) is 6.07. The highest BCUT2D eigenvalue weighted by atomic mass is 79.9. The second-order valence-electron chi connectivity index (χ2n) is 4.26. The summed E-state index contributed by atoms with van der Waals surface area (Å²) in [6.45, 7) is 6.68. The minimum absolute atomic E-state index is 0.301. The van der Waals surface area contributed by atoms with Crippen molar-refractivity contribution in [3.8, 4) is 11.4 Å². The third-order valence-corrected chi connectivity index (χ3v) is 3.59. The molecule has 100 valence electrons. The Kier molecular flexibility index (Phi) is 4.14. The first-order chi connectivity index (χ1) is 9.02. The van der Waals surface area contributed by atoms with Crippen LogP contribution in [0.25, 0.3) is 11.4 Å². The van der Waals surface area contributed by atoms with Gasteiger partial charge in [0.15, 0.2) is 5.82 Å². The van der Waals surface area contributed by atoms with Crippen LogP contribution in [0.15, 0.2) is 22.7 Å². The normalized spacial score (nSPS) is 10.6. The Labute approximate surface area is 120 Å². The lowest BCUT2D eigenvalue weighted by atomic mass is 10.2. The van der Waals surface area contributed by atoms with Crippen molar-refractivity contribution in [2.24, 2.45) is 0 Å². The molecule has 0 bridgehead atoms. The van der Waals surface area contributed by atoms with Crippen LogP contribution in [0.5, 0.6) is 0 Å². The number of nitrogens with zero attached hydrogens (tertiary/aromatic N) is 2. The number of halogens is 2.